The van der Waals surface area contributed by atoms with Gasteiger partial charge in [0.05, 0.1) is 6.04 Å². The largest absolute Gasteiger partial charge is 0.444 e. The highest BCUT2D eigenvalue weighted by molar-refractivity contribution is 5.67. The molecule has 0 bridgehead atoms. The van der Waals surface area contributed by atoms with Crippen LogP contribution in [0.2, 0.25) is 0 Å². The molecule has 1 heterocycles. The molecule has 0 fully saturated rings. The van der Waals surface area contributed by atoms with Crippen LogP contribution in [0, 0.1) is 5.92 Å². The fourth-order valence-corrected chi connectivity index (χ4v) is 2.74. The van der Waals surface area contributed by atoms with Crippen LogP contribution in [0.25, 0.3) is 0 Å². The van der Waals surface area contributed by atoms with E-state index in [-0.39, 0.29) is 6.04 Å². The topological polar surface area (TPSA) is 103 Å². The lowest BCUT2D eigenvalue weighted by molar-refractivity contribution is 0.0526. The molecule has 2 atom stereocenters. The first kappa shape index (κ1) is 23.1. The van der Waals surface area contributed by atoms with Crippen LogP contribution in [-0.2, 0) is 11.2 Å². The van der Waals surface area contributed by atoms with Gasteiger partial charge in [-0.1, -0.05) is 24.6 Å². The van der Waals surface area contributed by atoms with Gasteiger partial charge in [-0.2, -0.15) is 4.98 Å². The highest BCUT2D eigenvalue weighted by atomic mass is 16.6. The van der Waals surface area contributed by atoms with Gasteiger partial charge in [0.1, 0.15) is 5.60 Å². The number of aryl methyl sites for hydroxylation is 1. The zero-order valence-electron chi connectivity index (χ0n) is 17.3. The summed E-state index contributed by atoms with van der Waals surface area (Å²) in [5, 5.41) is 6.74. The van der Waals surface area contributed by atoms with Crippen LogP contribution < -0.4 is 11.1 Å². The number of carbonyl (C=O) groups is 1. The molecule has 154 valence electrons. The lowest BCUT2D eigenvalue weighted by atomic mass is 9.96. The number of hydrogen-bond donors (Lipinski definition) is 2. The Labute approximate surface area is 163 Å². The number of nitrogens with zero attached hydrogens (tertiary/aromatic N) is 2. The van der Waals surface area contributed by atoms with E-state index < -0.39 is 11.7 Å². The molecule has 0 aliphatic carbocycles. The van der Waals surface area contributed by atoms with Crippen molar-refractivity contribution in [1.82, 2.24) is 15.5 Å². The second-order valence-electron chi connectivity index (χ2n) is 7.92. The summed E-state index contributed by atoms with van der Waals surface area (Å²) in [5.41, 5.74) is 5.62. The predicted molar refractivity (Wildman–Crippen MR) is 106 cm³/mol. The van der Waals surface area contributed by atoms with Crippen molar-refractivity contribution < 1.29 is 14.1 Å². The van der Waals surface area contributed by atoms with E-state index in [0.717, 1.165) is 32.1 Å². The third kappa shape index (κ3) is 10.1. The molecule has 1 unspecified atom stereocenters. The van der Waals surface area contributed by atoms with Gasteiger partial charge >= 0.3 is 6.09 Å². The lowest BCUT2D eigenvalue weighted by Crippen LogP contribution is -2.33. The third-order valence-corrected chi connectivity index (χ3v) is 4.25. The maximum Gasteiger partial charge on any atom is 0.407 e. The molecule has 0 saturated heterocycles. The van der Waals surface area contributed by atoms with Gasteiger partial charge in [0, 0.05) is 13.0 Å². The second kappa shape index (κ2) is 11.7. The first-order valence-corrected chi connectivity index (χ1v) is 9.91. The van der Waals surface area contributed by atoms with E-state index in [1.165, 1.54) is 0 Å². The van der Waals surface area contributed by atoms with Gasteiger partial charge in [0.2, 0.25) is 5.89 Å². The molecule has 0 aromatic carbocycles. The molecule has 0 radical (unpaired) electrons. The van der Waals surface area contributed by atoms with Crippen LogP contribution in [-0.4, -0.2) is 28.4 Å². The third-order valence-electron chi connectivity index (χ3n) is 4.25. The Hall–Kier alpha value is -1.89. The van der Waals surface area contributed by atoms with Gasteiger partial charge in [-0.25, -0.2) is 4.79 Å². The molecule has 0 saturated carbocycles. The van der Waals surface area contributed by atoms with Crippen LogP contribution in [0.1, 0.15) is 84.0 Å². The fourth-order valence-electron chi connectivity index (χ4n) is 2.74. The normalized spacial score (nSPS) is 13.8. The van der Waals surface area contributed by atoms with Crippen molar-refractivity contribution in [3.05, 3.63) is 24.4 Å². The van der Waals surface area contributed by atoms with Crippen molar-refractivity contribution in [3.63, 3.8) is 0 Å². The second-order valence-corrected chi connectivity index (χ2v) is 7.92. The van der Waals surface area contributed by atoms with Gasteiger partial charge in [-0.3, -0.25) is 0 Å². The van der Waals surface area contributed by atoms with E-state index in [4.69, 9.17) is 15.0 Å². The number of nitrogens with one attached hydrogen (secondary N) is 1. The van der Waals surface area contributed by atoms with Crippen molar-refractivity contribution >= 4 is 6.09 Å². The minimum absolute atomic E-state index is 0.323. The monoisotopic (exact) mass is 380 g/mol. The minimum atomic E-state index is -0.497. The minimum Gasteiger partial charge on any atom is -0.444 e. The highest BCUT2D eigenvalue weighted by Crippen LogP contribution is 2.18. The molecule has 1 aromatic heterocycles. The van der Waals surface area contributed by atoms with E-state index in [1.54, 1.807) is 0 Å². The van der Waals surface area contributed by atoms with Crippen molar-refractivity contribution in [3.8, 4) is 0 Å². The molecule has 7 heteroatoms. The number of allylic oxidation sites excluding steroid dienone is 1. The Bertz CT molecular complexity index is 566. The average Bonchev–Trinajstić information content (AvgIpc) is 3.05. The standard InChI is InChI=1S/C20H36N4O3/c1-6-10-15(7-2)11-8-13-17-23-18(27-24-17)16(21)12-9-14-22-19(25)26-20(3,4)5/h6,15-16H,1,7-14,21H2,2-5H3,(H,22,25)/t15?,16-/m0/s1. The molecule has 1 aromatic rings. The molecule has 1 rings (SSSR count). The maximum atomic E-state index is 11.6. The molecule has 27 heavy (non-hydrogen) atoms. The molecule has 1 amide bonds. The van der Waals surface area contributed by atoms with Gasteiger partial charge < -0.3 is 20.3 Å². The van der Waals surface area contributed by atoms with Crippen LogP contribution >= 0.6 is 0 Å². The number of rotatable bonds is 12. The molecular weight excluding hydrogens is 344 g/mol. The maximum absolute atomic E-state index is 11.6. The highest BCUT2D eigenvalue weighted by Gasteiger charge is 2.17. The molecule has 3 N–H and O–H groups in total. The van der Waals surface area contributed by atoms with Crippen LogP contribution in [0.5, 0.6) is 0 Å². The Morgan fingerprint density at radius 3 is 2.74 bits per heavy atom. The van der Waals surface area contributed by atoms with E-state index in [1.807, 2.05) is 26.8 Å². The zero-order chi connectivity index (χ0) is 20.3. The summed E-state index contributed by atoms with van der Waals surface area (Å²) in [4.78, 5) is 16.0. The first-order chi connectivity index (χ1) is 12.7. The number of aromatic nitrogens is 2. The van der Waals surface area contributed by atoms with Crippen molar-refractivity contribution in [2.75, 3.05) is 6.54 Å². The van der Waals surface area contributed by atoms with Gasteiger partial charge in [0.25, 0.3) is 0 Å². The first-order valence-electron chi connectivity index (χ1n) is 9.91. The van der Waals surface area contributed by atoms with Crippen molar-refractivity contribution in [2.45, 2.75) is 84.3 Å². The molecular formula is C20H36N4O3. The van der Waals surface area contributed by atoms with E-state index in [9.17, 15) is 4.79 Å². The van der Waals surface area contributed by atoms with Crippen LogP contribution in [0.4, 0.5) is 4.79 Å². The number of amides is 1. The number of carbonyl (C=O) groups excluding carboxylic acids is 1. The Morgan fingerprint density at radius 1 is 1.37 bits per heavy atom. The number of hydrogen-bond acceptors (Lipinski definition) is 6. The summed E-state index contributed by atoms with van der Waals surface area (Å²) in [7, 11) is 0. The molecule has 0 spiro atoms. The Balaban J connectivity index is 2.27. The van der Waals surface area contributed by atoms with Crippen molar-refractivity contribution in [2.24, 2.45) is 11.7 Å². The molecule has 7 nitrogen and oxygen atoms in total. The van der Waals surface area contributed by atoms with Gasteiger partial charge in [-0.15, -0.1) is 6.58 Å². The van der Waals surface area contributed by atoms with Gasteiger partial charge in [0.15, 0.2) is 5.82 Å². The van der Waals surface area contributed by atoms with Crippen molar-refractivity contribution in [1.29, 1.82) is 0 Å². The summed E-state index contributed by atoms with van der Waals surface area (Å²) < 4.78 is 10.5. The van der Waals surface area contributed by atoms with Crippen LogP contribution in [0.15, 0.2) is 17.2 Å². The predicted octanol–water partition coefficient (Wildman–Crippen LogP) is 4.30. The average molecular weight is 381 g/mol. The summed E-state index contributed by atoms with van der Waals surface area (Å²) in [6, 6.07) is -0.323. The smallest absolute Gasteiger partial charge is 0.407 e. The molecule has 0 aliphatic rings. The van der Waals surface area contributed by atoms with Gasteiger partial charge in [-0.05, 0) is 58.8 Å². The Kier molecular flexibility index (Phi) is 10.1. The summed E-state index contributed by atoms with van der Waals surface area (Å²) in [6.45, 7) is 12.0. The Morgan fingerprint density at radius 2 is 2.11 bits per heavy atom. The van der Waals surface area contributed by atoms with E-state index in [2.05, 4.69) is 29.0 Å². The number of ether oxygens (including phenoxy) is 1. The summed E-state index contributed by atoms with van der Waals surface area (Å²) >= 11 is 0. The SMILES string of the molecule is C=CCC(CC)CCCc1noc([C@@H](N)CCCNC(=O)OC(C)(C)C)n1. The summed E-state index contributed by atoms with van der Waals surface area (Å²) in [5.74, 6) is 1.84. The number of nitrogens with two attached hydrogens (primary N) is 1. The van der Waals surface area contributed by atoms with Crippen LogP contribution in [0.3, 0.4) is 0 Å². The van der Waals surface area contributed by atoms with E-state index in [0.29, 0.717) is 37.0 Å². The quantitative estimate of drug-likeness (QED) is 0.414. The fraction of sp³-hybridized carbons (Fsp3) is 0.750. The molecule has 0 aliphatic heterocycles. The zero-order valence-corrected chi connectivity index (χ0v) is 17.3. The lowest BCUT2D eigenvalue weighted by Gasteiger charge is -2.19. The van der Waals surface area contributed by atoms with E-state index >= 15 is 0 Å². The number of alkyl carbamates (subject to hydrolysis) is 1. The summed E-state index contributed by atoms with van der Waals surface area (Å²) in [6.07, 6.45) is 8.09.